The minimum Gasteiger partial charge on any atom is -0.497 e. The second-order valence-corrected chi connectivity index (χ2v) is 4.15. The molecule has 0 aliphatic carbocycles. The van der Waals surface area contributed by atoms with Crippen molar-refractivity contribution < 1.29 is 4.74 Å². The molecule has 0 atom stereocenters. The zero-order valence-corrected chi connectivity index (χ0v) is 10.7. The van der Waals surface area contributed by atoms with Crippen LogP contribution in [-0.4, -0.2) is 20.2 Å². The van der Waals surface area contributed by atoms with Crippen molar-refractivity contribution in [2.75, 3.05) is 20.2 Å². The fraction of sp³-hybridized carbons (Fsp3) is 0.571. The highest BCUT2D eigenvalue weighted by Gasteiger charge is 2.00. The molecule has 0 aromatic heterocycles. The molecule has 0 aliphatic rings. The van der Waals surface area contributed by atoms with Gasteiger partial charge in [-0.2, -0.15) is 0 Å². The Morgan fingerprint density at radius 1 is 1.25 bits per heavy atom. The Hall–Kier alpha value is -1.02. The van der Waals surface area contributed by atoms with Crippen molar-refractivity contribution in [1.29, 1.82) is 0 Å². The zero-order chi connectivity index (χ0) is 11.8. The number of aryl methyl sites for hydroxylation is 2. The van der Waals surface area contributed by atoms with Crippen LogP contribution in [0.4, 0.5) is 0 Å². The number of nitrogens with one attached hydrogen (secondary N) is 1. The van der Waals surface area contributed by atoms with Crippen molar-refractivity contribution in [1.82, 2.24) is 5.32 Å². The van der Waals surface area contributed by atoms with Gasteiger partial charge in [-0.15, -0.1) is 0 Å². The van der Waals surface area contributed by atoms with Crippen LogP contribution in [0.15, 0.2) is 18.2 Å². The largest absolute Gasteiger partial charge is 0.497 e. The molecule has 1 aromatic carbocycles. The molecule has 1 N–H and O–H groups in total. The molecule has 90 valence electrons. The van der Waals surface area contributed by atoms with Crippen molar-refractivity contribution in [3.63, 3.8) is 0 Å². The number of rotatable bonds is 7. The fourth-order valence-electron chi connectivity index (χ4n) is 1.78. The predicted molar refractivity (Wildman–Crippen MR) is 69.2 cm³/mol. The molecule has 2 heteroatoms. The zero-order valence-electron chi connectivity index (χ0n) is 10.7. The third-order valence-corrected chi connectivity index (χ3v) is 2.78. The van der Waals surface area contributed by atoms with E-state index in [1.165, 1.54) is 24.0 Å². The number of ether oxygens (including phenoxy) is 1. The van der Waals surface area contributed by atoms with Crippen LogP contribution in [0.1, 0.15) is 30.9 Å². The first kappa shape index (κ1) is 13.0. The van der Waals surface area contributed by atoms with Crippen LogP contribution >= 0.6 is 0 Å². The second kappa shape index (κ2) is 7.29. The van der Waals surface area contributed by atoms with Crippen LogP contribution in [0.25, 0.3) is 0 Å². The minimum absolute atomic E-state index is 0.949. The summed E-state index contributed by atoms with van der Waals surface area (Å²) in [5.41, 5.74) is 2.76. The maximum absolute atomic E-state index is 5.20. The summed E-state index contributed by atoms with van der Waals surface area (Å²) in [5, 5.41) is 3.42. The summed E-state index contributed by atoms with van der Waals surface area (Å²) < 4.78 is 5.20. The Balaban J connectivity index is 2.36. The lowest BCUT2D eigenvalue weighted by molar-refractivity contribution is 0.414. The van der Waals surface area contributed by atoms with Crippen LogP contribution in [-0.2, 0) is 6.42 Å². The van der Waals surface area contributed by atoms with E-state index in [-0.39, 0.29) is 0 Å². The van der Waals surface area contributed by atoms with Gasteiger partial charge in [0.1, 0.15) is 5.75 Å². The van der Waals surface area contributed by atoms with E-state index < -0.39 is 0 Å². The minimum atomic E-state index is 0.949. The smallest absolute Gasteiger partial charge is 0.119 e. The topological polar surface area (TPSA) is 21.3 Å². The molecule has 2 nitrogen and oxygen atoms in total. The van der Waals surface area contributed by atoms with Crippen LogP contribution in [0, 0.1) is 6.92 Å². The van der Waals surface area contributed by atoms with Gasteiger partial charge in [-0.25, -0.2) is 0 Å². The highest BCUT2D eigenvalue weighted by Crippen LogP contribution is 2.17. The Morgan fingerprint density at radius 3 is 2.69 bits per heavy atom. The molecule has 1 rings (SSSR count). The molecule has 0 amide bonds. The molecule has 0 fully saturated rings. The first-order chi connectivity index (χ1) is 7.77. The van der Waals surface area contributed by atoms with E-state index in [4.69, 9.17) is 4.74 Å². The Bertz CT molecular complexity index is 310. The summed E-state index contributed by atoms with van der Waals surface area (Å²) in [7, 11) is 1.71. The van der Waals surface area contributed by atoms with Gasteiger partial charge < -0.3 is 10.1 Å². The number of hydrogen-bond acceptors (Lipinski definition) is 2. The lowest BCUT2D eigenvalue weighted by Crippen LogP contribution is -2.16. The Labute approximate surface area is 99.0 Å². The van der Waals surface area contributed by atoms with Gasteiger partial charge in [-0.3, -0.25) is 0 Å². The normalized spacial score (nSPS) is 10.4. The van der Waals surface area contributed by atoms with Crippen molar-refractivity contribution >= 4 is 0 Å². The maximum atomic E-state index is 5.20. The van der Waals surface area contributed by atoms with Crippen molar-refractivity contribution in [2.45, 2.75) is 33.1 Å². The van der Waals surface area contributed by atoms with Crippen molar-refractivity contribution in [3.8, 4) is 5.75 Å². The standard InChI is InChI=1S/C14H23NO/c1-4-9-15-10-5-6-13-7-8-14(16-3)11-12(13)2/h7-8,11,15H,4-6,9-10H2,1-3H3. The highest BCUT2D eigenvalue weighted by atomic mass is 16.5. The average molecular weight is 221 g/mol. The van der Waals surface area contributed by atoms with Gasteiger partial charge in [0.2, 0.25) is 0 Å². The molecular weight excluding hydrogens is 198 g/mol. The number of hydrogen-bond donors (Lipinski definition) is 1. The third kappa shape index (κ3) is 4.23. The Kier molecular flexibility index (Phi) is 5.94. The lowest BCUT2D eigenvalue weighted by atomic mass is 10.0. The molecule has 0 aliphatic heterocycles. The second-order valence-electron chi connectivity index (χ2n) is 4.15. The van der Waals surface area contributed by atoms with Crippen LogP contribution in [0.5, 0.6) is 5.75 Å². The van der Waals surface area contributed by atoms with Gasteiger partial charge in [0, 0.05) is 0 Å². The maximum Gasteiger partial charge on any atom is 0.119 e. The van der Waals surface area contributed by atoms with E-state index in [0.29, 0.717) is 0 Å². The van der Waals surface area contributed by atoms with Crippen LogP contribution < -0.4 is 10.1 Å². The van der Waals surface area contributed by atoms with Crippen LogP contribution in [0.3, 0.4) is 0 Å². The van der Waals surface area contributed by atoms with E-state index in [9.17, 15) is 0 Å². The molecule has 0 saturated heterocycles. The predicted octanol–water partition coefficient (Wildman–Crippen LogP) is 2.94. The van der Waals surface area contributed by atoms with E-state index in [1.807, 2.05) is 6.07 Å². The van der Waals surface area contributed by atoms with Gasteiger partial charge in [-0.1, -0.05) is 13.0 Å². The number of benzene rings is 1. The van der Waals surface area contributed by atoms with Gasteiger partial charge in [-0.05, 0) is 62.5 Å². The monoisotopic (exact) mass is 221 g/mol. The lowest BCUT2D eigenvalue weighted by Gasteiger charge is -2.08. The SMILES string of the molecule is CCCNCCCc1ccc(OC)cc1C. The summed E-state index contributed by atoms with van der Waals surface area (Å²) in [6.45, 7) is 6.58. The van der Waals surface area contributed by atoms with Gasteiger partial charge >= 0.3 is 0 Å². The molecule has 1 aromatic rings. The molecule has 0 saturated carbocycles. The van der Waals surface area contributed by atoms with Gasteiger partial charge in [0.05, 0.1) is 7.11 Å². The molecule has 0 bridgehead atoms. The average Bonchev–Trinajstić information content (AvgIpc) is 2.30. The summed E-state index contributed by atoms with van der Waals surface area (Å²) in [6, 6.07) is 6.32. The Morgan fingerprint density at radius 2 is 2.06 bits per heavy atom. The molecule has 0 radical (unpaired) electrons. The van der Waals surface area contributed by atoms with Gasteiger partial charge in [0.15, 0.2) is 0 Å². The quantitative estimate of drug-likeness (QED) is 0.715. The van der Waals surface area contributed by atoms with Gasteiger partial charge in [0.25, 0.3) is 0 Å². The van der Waals surface area contributed by atoms with E-state index in [0.717, 1.165) is 25.3 Å². The summed E-state index contributed by atoms with van der Waals surface area (Å²) in [5.74, 6) is 0.949. The molecule has 0 spiro atoms. The van der Waals surface area contributed by atoms with Crippen molar-refractivity contribution in [3.05, 3.63) is 29.3 Å². The van der Waals surface area contributed by atoms with E-state index in [1.54, 1.807) is 7.11 Å². The summed E-state index contributed by atoms with van der Waals surface area (Å²) in [4.78, 5) is 0. The third-order valence-electron chi connectivity index (χ3n) is 2.78. The fourth-order valence-corrected chi connectivity index (χ4v) is 1.78. The number of methoxy groups -OCH3 is 1. The van der Waals surface area contributed by atoms with E-state index >= 15 is 0 Å². The van der Waals surface area contributed by atoms with Crippen molar-refractivity contribution in [2.24, 2.45) is 0 Å². The first-order valence-electron chi connectivity index (χ1n) is 6.12. The molecule has 0 heterocycles. The summed E-state index contributed by atoms with van der Waals surface area (Å²) in [6.07, 6.45) is 3.56. The molecular formula is C14H23NO. The first-order valence-corrected chi connectivity index (χ1v) is 6.12. The molecule has 16 heavy (non-hydrogen) atoms. The van der Waals surface area contributed by atoms with Crippen LogP contribution in [0.2, 0.25) is 0 Å². The summed E-state index contributed by atoms with van der Waals surface area (Å²) >= 11 is 0. The van der Waals surface area contributed by atoms with E-state index in [2.05, 4.69) is 31.3 Å². The molecule has 0 unspecified atom stereocenters. The highest BCUT2D eigenvalue weighted by molar-refractivity contribution is 5.34.